The lowest BCUT2D eigenvalue weighted by Gasteiger charge is -2.09. The SMILES string of the molecule is CC.CC.CC(C)=CCC/C(C)=C/CO.CC(C)CCCC(C)CCO. The largest absolute Gasteiger partial charge is 0.396 e. The van der Waals surface area contributed by atoms with Crippen LogP contribution in [0, 0.1) is 11.8 Å². The highest BCUT2D eigenvalue weighted by Gasteiger charge is 2.01. The van der Waals surface area contributed by atoms with E-state index in [4.69, 9.17) is 10.2 Å². The Bertz CT molecular complexity index is 287. The van der Waals surface area contributed by atoms with Crippen molar-refractivity contribution in [1.82, 2.24) is 0 Å². The Morgan fingerprint density at radius 3 is 1.73 bits per heavy atom. The van der Waals surface area contributed by atoms with Crippen LogP contribution in [0.2, 0.25) is 0 Å². The van der Waals surface area contributed by atoms with Crippen LogP contribution in [-0.4, -0.2) is 23.4 Å². The molecule has 0 aromatic rings. The van der Waals surface area contributed by atoms with E-state index in [1.807, 2.05) is 33.8 Å². The van der Waals surface area contributed by atoms with Crippen LogP contribution in [0.1, 0.15) is 108 Å². The first-order valence-corrected chi connectivity index (χ1v) is 10.8. The van der Waals surface area contributed by atoms with Crippen LogP contribution in [0.15, 0.2) is 23.3 Å². The number of hydrogen-bond donors (Lipinski definition) is 2. The molecule has 0 bridgehead atoms. The van der Waals surface area contributed by atoms with Gasteiger partial charge in [-0.15, -0.1) is 0 Å². The molecule has 2 heteroatoms. The summed E-state index contributed by atoms with van der Waals surface area (Å²) in [5.74, 6) is 1.54. The molecule has 0 amide bonds. The third-order valence-electron chi connectivity index (χ3n) is 3.63. The van der Waals surface area contributed by atoms with Crippen molar-refractivity contribution >= 4 is 0 Å². The molecule has 0 spiro atoms. The maximum absolute atomic E-state index is 8.65. The van der Waals surface area contributed by atoms with Gasteiger partial charge in [-0.05, 0) is 51.9 Å². The Balaban J connectivity index is -0.000000156. The molecular weight excluding hydrogens is 320 g/mol. The first-order chi connectivity index (χ1) is 12.3. The van der Waals surface area contributed by atoms with Crippen molar-refractivity contribution in [2.75, 3.05) is 13.2 Å². The molecule has 0 aliphatic heterocycles. The van der Waals surface area contributed by atoms with Crippen LogP contribution in [-0.2, 0) is 0 Å². The van der Waals surface area contributed by atoms with E-state index in [1.54, 1.807) is 0 Å². The molecule has 160 valence electrons. The average Bonchev–Trinajstić information content (AvgIpc) is 2.59. The van der Waals surface area contributed by atoms with Crippen molar-refractivity contribution in [3.05, 3.63) is 23.3 Å². The van der Waals surface area contributed by atoms with Crippen molar-refractivity contribution in [3.8, 4) is 0 Å². The first kappa shape index (κ1) is 33.0. The summed E-state index contributed by atoms with van der Waals surface area (Å²) in [4.78, 5) is 0. The van der Waals surface area contributed by atoms with Crippen LogP contribution < -0.4 is 0 Å². The van der Waals surface area contributed by atoms with E-state index in [1.165, 1.54) is 30.4 Å². The van der Waals surface area contributed by atoms with E-state index < -0.39 is 0 Å². The summed E-state index contributed by atoms with van der Waals surface area (Å²) in [5, 5.41) is 17.2. The summed E-state index contributed by atoms with van der Waals surface area (Å²) in [6.07, 6.45) is 11.1. The van der Waals surface area contributed by atoms with Gasteiger partial charge in [-0.3, -0.25) is 0 Å². The van der Waals surface area contributed by atoms with Gasteiger partial charge in [0.25, 0.3) is 0 Å². The number of rotatable bonds is 10. The highest BCUT2D eigenvalue weighted by Crippen LogP contribution is 2.14. The van der Waals surface area contributed by atoms with E-state index >= 15 is 0 Å². The van der Waals surface area contributed by atoms with Gasteiger partial charge in [-0.2, -0.15) is 0 Å². The van der Waals surface area contributed by atoms with Gasteiger partial charge in [-0.1, -0.05) is 91.0 Å². The summed E-state index contributed by atoms with van der Waals surface area (Å²) in [7, 11) is 0. The van der Waals surface area contributed by atoms with E-state index in [0.29, 0.717) is 12.5 Å². The van der Waals surface area contributed by atoms with E-state index in [-0.39, 0.29) is 6.61 Å². The number of hydrogen-bond acceptors (Lipinski definition) is 2. The summed E-state index contributed by atoms with van der Waals surface area (Å²) in [6.45, 7) is 21.5. The zero-order valence-corrected chi connectivity index (χ0v) is 19.9. The van der Waals surface area contributed by atoms with Gasteiger partial charge in [0.05, 0.1) is 6.61 Å². The second-order valence-electron chi connectivity index (χ2n) is 7.00. The fourth-order valence-electron chi connectivity index (χ4n) is 2.09. The molecule has 0 rings (SSSR count). The molecule has 1 unspecified atom stereocenters. The molecule has 0 fully saturated rings. The van der Waals surface area contributed by atoms with Crippen molar-refractivity contribution in [1.29, 1.82) is 0 Å². The third kappa shape index (κ3) is 38.8. The molecular formula is C24H52O2. The van der Waals surface area contributed by atoms with Gasteiger partial charge in [0, 0.05) is 6.61 Å². The van der Waals surface area contributed by atoms with E-state index in [2.05, 4.69) is 47.6 Å². The Morgan fingerprint density at radius 2 is 1.35 bits per heavy atom. The zero-order chi connectivity index (χ0) is 21.4. The number of aliphatic hydroxyl groups is 2. The molecule has 2 N–H and O–H groups in total. The molecule has 0 aliphatic carbocycles. The highest BCUT2D eigenvalue weighted by molar-refractivity contribution is 5.01. The fourth-order valence-corrected chi connectivity index (χ4v) is 2.09. The first-order valence-electron chi connectivity index (χ1n) is 10.8. The van der Waals surface area contributed by atoms with E-state index in [9.17, 15) is 0 Å². The maximum Gasteiger partial charge on any atom is 0.0614 e. The van der Waals surface area contributed by atoms with Gasteiger partial charge in [0.15, 0.2) is 0 Å². The van der Waals surface area contributed by atoms with Crippen LogP contribution in [0.3, 0.4) is 0 Å². The molecule has 0 saturated carbocycles. The Hall–Kier alpha value is -0.600. The van der Waals surface area contributed by atoms with Gasteiger partial charge >= 0.3 is 0 Å². The lowest BCUT2D eigenvalue weighted by Crippen LogP contribution is -1.98. The predicted molar refractivity (Wildman–Crippen MR) is 122 cm³/mol. The quantitative estimate of drug-likeness (QED) is 0.388. The maximum atomic E-state index is 8.65. The minimum atomic E-state index is 0.167. The standard InChI is InChI=1S/C10H22O.C10H18O.2C2H6/c2*1-9(2)5-4-6-10(3)7-8-11;2*1-2/h9-11H,4-8H2,1-3H3;5,7,11H,4,6,8H2,1-3H3;2*1-2H3/b;10-7+;;. The normalized spacial score (nSPS) is 11.2. The summed E-state index contributed by atoms with van der Waals surface area (Å²) in [5.41, 5.74) is 2.63. The van der Waals surface area contributed by atoms with Crippen LogP contribution in [0.5, 0.6) is 0 Å². The van der Waals surface area contributed by atoms with Crippen LogP contribution in [0.25, 0.3) is 0 Å². The van der Waals surface area contributed by atoms with Crippen molar-refractivity contribution in [3.63, 3.8) is 0 Å². The predicted octanol–water partition coefficient (Wildman–Crippen LogP) is 7.56. The summed E-state index contributed by atoms with van der Waals surface area (Å²) in [6, 6.07) is 0. The van der Waals surface area contributed by atoms with E-state index in [0.717, 1.165) is 25.2 Å². The Labute approximate surface area is 166 Å². The minimum Gasteiger partial charge on any atom is -0.396 e. The third-order valence-corrected chi connectivity index (χ3v) is 3.63. The molecule has 2 nitrogen and oxygen atoms in total. The molecule has 0 radical (unpaired) electrons. The second-order valence-corrected chi connectivity index (χ2v) is 7.00. The van der Waals surface area contributed by atoms with Gasteiger partial charge in [0.2, 0.25) is 0 Å². The van der Waals surface area contributed by atoms with Gasteiger partial charge < -0.3 is 10.2 Å². The average molecular weight is 373 g/mol. The van der Waals surface area contributed by atoms with Crippen molar-refractivity contribution in [2.45, 2.75) is 108 Å². The zero-order valence-electron chi connectivity index (χ0n) is 19.9. The number of allylic oxidation sites excluding steroid dienone is 3. The minimum absolute atomic E-state index is 0.167. The summed E-state index contributed by atoms with van der Waals surface area (Å²) >= 11 is 0. The lowest BCUT2D eigenvalue weighted by molar-refractivity contribution is 0.255. The van der Waals surface area contributed by atoms with Crippen molar-refractivity contribution < 1.29 is 10.2 Å². The van der Waals surface area contributed by atoms with Crippen molar-refractivity contribution in [2.24, 2.45) is 11.8 Å². The topological polar surface area (TPSA) is 40.5 Å². The van der Waals surface area contributed by atoms with Crippen LogP contribution in [0.4, 0.5) is 0 Å². The Kier molecular flexibility index (Phi) is 37.1. The highest BCUT2D eigenvalue weighted by atomic mass is 16.3. The monoisotopic (exact) mass is 372 g/mol. The molecule has 0 heterocycles. The molecule has 0 aliphatic rings. The van der Waals surface area contributed by atoms with Crippen LogP contribution >= 0.6 is 0 Å². The summed E-state index contributed by atoms with van der Waals surface area (Å²) < 4.78 is 0. The molecule has 1 atom stereocenters. The van der Waals surface area contributed by atoms with Gasteiger partial charge in [-0.25, -0.2) is 0 Å². The molecule has 26 heavy (non-hydrogen) atoms. The number of aliphatic hydroxyl groups excluding tert-OH is 2. The molecule has 0 aromatic heterocycles. The lowest BCUT2D eigenvalue weighted by atomic mass is 9.98. The van der Waals surface area contributed by atoms with Gasteiger partial charge in [0.1, 0.15) is 0 Å². The molecule has 0 saturated heterocycles. The Morgan fingerprint density at radius 1 is 0.808 bits per heavy atom. The molecule has 0 aromatic carbocycles. The smallest absolute Gasteiger partial charge is 0.0614 e. The second kappa shape index (κ2) is 29.2. The fraction of sp³-hybridized carbons (Fsp3) is 0.833.